The monoisotopic (exact) mass is 652 g/mol. The highest BCUT2D eigenvalue weighted by atomic mass is 15.3. The number of benzene rings is 7. The van der Waals surface area contributed by atoms with E-state index in [-0.39, 0.29) is 17.7 Å². The first-order chi connectivity index (χ1) is 25.1. The molecule has 1 aliphatic carbocycles. The third kappa shape index (κ3) is 3.28. The highest BCUT2D eigenvalue weighted by Gasteiger charge is 2.61. The van der Waals surface area contributed by atoms with Crippen LogP contribution in [0.5, 0.6) is 0 Å². The first-order valence-electron chi connectivity index (χ1n) is 18.8. The van der Waals surface area contributed by atoms with E-state index in [9.17, 15) is 0 Å². The lowest BCUT2D eigenvalue weighted by molar-refractivity contribution is 0.195. The van der Waals surface area contributed by atoms with Crippen molar-refractivity contribution in [2.75, 3.05) is 4.90 Å². The first kappa shape index (κ1) is 28.2. The molecule has 0 spiro atoms. The zero-order chi connectivity index (χ0) is 33.6. The van der Waals surface area contributed by atoms with E-state index in [0.29, 0.717) is 0 Å². The Morgan fingerprint density at radius 1 is 0.549 bits per heavy atom. The van der Waals surface area contributed by atoms with Crippen LogP contribution in [0.1, 0.15) is 45.1 Å². The van der Waals surface area contributed by atoms with Gasteiger partial charge in [0, 0.05) is 38.6 Å². The number of rotatable bonds is 2. The molecule has 4 aliphatic rings. The van der Waals surface area contributed by atoms with Crippen LogP contribution in [-0.2, 0) is 5.41 Å². The standard InChI is InChI=1S/C48H37BN2/c1-47-28-11-12-29-48(47,2)51-40-21-13-20-39-43(40)49(38-27-25-34(42(47)46(38)51)31-16-7-4-8-17-31)37-26-24-33(30-14-5-3-6-15-30)41-36-23-22-32-18-9-10-19-35(32)44(36)50(39)45(37)41/h3-10,13-27H,11-12,28-29H2,1-2H3. The number of fused-ring (bicyclic) bond motifs is 12. The Morgan fingerprint density at radius 2 is 1.24 bits per heavy atom. The fourth-order valence-corrected chi connectivity index (χ4v) is 11.3. The Balaban J connectivity index is 1.27. The molecule has 3 aliphatic heterocycles. The minimum atomic E-state index is -0.0223. The molecule has 4 heterocycles. The van der Waals surface area contributed by atoms with Crippen molar-refractivity contribution in [1.29, 1.82) is 0 Å². The van der Waals surface area contributed by atoms with Gasteiger partial charge in [0.15, 0.2) is 0 Å². The summed E-state index contributed by atoms with van der Waals surface area (Å²) < 4.78 is 2.66. The van der Waals surface area contributed by atoms with Gasteiger partial charge in [0.2, 0.25) is 0 Å². The van der Waals surface area contributed by atoms with Crippen LogP contribution >= 0.6 is 0 Å². The van der Waals surface area contributed by atoms with Crippen molar-refractivity contribution in [3.05, 3.63) is 145 Å². The third-order valence-corrected chi connectivity index (χ3v) is 13.7. The molecule has 3 heteroatoms. The highest BCUT2D eigenvalue weighted by Crippen LogP contribution is 2.63. The minimum absolute atomic E-state index is 0.0223. The van der Waals surface area contributed by atoms with E-state index < -0.39 is 0 Å². The fraction of sp³-hybridized carbons (Fsp3) is 0.167. The molecule has 2 unspecified atom stereocenters. The molecule has 242 valence electrons. The lowest BCUT2D eigenvalue weighted by atomic mass is 9.33. The average molecular weight is 653 g/mol. The molecule has 7 aromatic carbocycles. The highest BCUT2D eigenvalue weighted by molar-refractivity contribution is 7.00. The molecule has 0 radical (unpaired) electrons. The zero-order valence-corrected chi connectivity index (χ0v) is 29.1. The van der Waals surface area contributed by atoms with Gasteiger partial charge >= 0.3 is 0 Å². The van der Waals surface area contributed by atoms with Crippen molar-refractivity contribution in [1.82, 2.24) is 4.57 Å². The molecule has 0 amide bonds. The molecular formula is C48H37BN2. The summed E-state index contributed by atoms with van der Waals surface area (Å²) in [7, 11) is 0. The van der Waals surface area contributed by atoms with Gasteiger partial charge in [0.25, 0.3) is 6.71 Å². The molecule has 51 heavy (non-hydrogen) atoms. The van der Waals surface area contributed by atoms with Crippen LogP contribution in [-0.4, -0.2) is 16.8 Å². The number of hydrogen-bond donors (Lipinski definition) is 0. The van der Waals surface area contributed by atoms with Crippen LogP contribution in [0.2, 0.25) is 0 Å². The van der Waals surface area contributed by atoms with Crippen molar-refractivity contribution in [2.24, 2.45) is 0 Å². The van der Waals surface area contributed by atoms with Gasteiger partial charge in [-0.2, -0.15) is 0 Å². The molecule has 2 atom stereocenters. The maximum absolute atomic E-state index is 2.85. The molecule has 1 fully saturated rings. The quantitative estimate of drug-likeness (QED) is 0.169. The summed E-state index contributed by atoms with van der Waals surface area (Å²) in [4.78, 5) is 2.85. The summed E-state index contributed by atoms with van der Waals surface area (Å²) in [5.41, 5.74) is 18.1. The van der Waals surface area contributed by atoms with E-state index in [2.05, 4.69) is 163 Å². The molecule has 2 nitrogen and oxygen atoms in total. The van der Waals surface area contributed by atoms with Crippen LogP contribution < -0.4 is 21.3 Å². The lowest BCUT2D eigenvalue weighted by Crippen LogP contribution is -2.64. The molecule has 0 N–H and O–H groups in total. The largest absolute Gasteiger partial charge is 0.335 e. The first-order valence-corrected chi connectivity index (χ1v) is 18.8. The van der Waals surface area contributed by atoms with Crippen LogP contribution in [0, 0.1) is 0 Å². The number of anilines is 2. The smallest absolute Gasteiger partial charge is 0.252 e. The summed E-state index contributed by atoms with van der Waals surface area (Å²) in [6.45, 7) is 5.33. The van der Waals surface area contributed by atoms with Crippen LogP contribution in [0.4, 0.5) is 11.4 Å². The second kappa shape index (κ2) is 9.62. The second-order valence-electron chi connectivity index (χ2n) is 15.9. The SMILES string of the molecule is CC12CCCCC1(C)N1c3cccc4c3B(c3ccc(-c5ccccc5)c2c31)c1ccc(-c2ccccc2)c2c3ccc5ccccc5c3n-4c12. The number of hydrogen-bond acceptors (Lipinski definition) is 1. The predicted molar refractivity (Wildman–Crippen MR) is 217 cm³/mol. The second-order valence-corrected chi connectivity index (χ2v) is 15.9. The number of aromatic nitrogens is 1. The third-order valence-electron chi connectivity index (χ3n) is 13.7. The van der Waals surface area contributed by atoms with Gasteiger partial charge in [0.1, 0.15) is 0 Å². The lowest BCUT2D eigenvalue weighted by Gasteiger charge is -2.52. The molecule has 1 aromatic heterocycles. The molecule has 0 saturated heterocycles. The van der Waals surface area contributed by atoms with Gasteiger partial charge < -0.3 is 9.47 Å². The number of nitrogens with zero attached hydrogens (tertiary/aromatic N) is 2. The molecule has 8 aromatic rings. The van der Waals surface area contributed by atoms with Crippen molar-refractivity contribution in [3.8, 4) is 27.9 Å². The van der Waals surface area contributed by atoms with Crippen LogP contribution in [0.15, 0.2) is 140 Å². The van der Waals surface area contributed by atoms with Gasteiger partial charge in [-0.3, -0.25) is 0 Å². The van der Waals surface area contributed by atoms with Crippen molar-refractivity contribution in [3.63, 3.8) is 0 Å². The Labute approximate surface area is 299 Å². The topological polar surface area (TPSA) is 8.17 Å². The summed E-state index contributed by atoms with van der Waals surface area (Å²) in [6.07, 6.45) is 4.95. The van der Waals surface area contributed by atoms with E-state index in [1.807, 2.05) is 0 Å². The van der Waals surface area contributed by atoms with Crippen LogP contribution in [0.25, 0.3) is 60.5 Å². The van der Waals surface area contributed by atoms with E-state index >= 15 is 0 Å². The Bertz CT molecular complexity index is 2800. The summed E-state index contributed by atoms with van der Waals surface area (Å²) >= 11 is 0. The Kier molecular flexibility index (Phi) is 5.32. The molecule has 1 saturated carbocycles. The van der Waals surface area contributed by atoms with Gasteiger partial charge in [-0.25, -0.2) is 0 Å². The summed E-state index contributed by atoms with van der Waals surface area (Å²) in [5.74, 6) is 0. The van der Waals surface area contributed by atoms with Gasteiger partial charge in [-0.05, 0) is 81.5 Å². The Hall–Kier alpha value is -5.54. The maximum Gasteiger partial charge on any atom is 0.252 e. The van der Waals surface area contributed by atoms with E-state index in [1.54, 1.807) is 5.56 Å². The van der Waals surface area contributed by atoms with Gasteiger partial charge in [-0.1, -0.05) is 147 Å². The zero-order valence-electron chi connectivity index (χ0n) is 29.1. The van der Waals surface area contributed by atoms with E-state index in [0.717, 1.165) is 0 Å². The Morgan fingerprint density at radius 3 is 2.06 bits per heavy atom. The maximum atomic E-state index is 2.85. The fourth-order valence-electron chi connectivity index (χ4n) is 11.3. The van der Waals surface area contributed by atoms with E-state index in [4.69, 9.17) is 0 Å². The van der Waals surface area contributed by atoms with Crippen molar-refractivity contribution >= 4 is 67.1 Å². The van der Waals surface area contributed by atoms with Crippen molar-refractivity contribution < 1.29 is 0 Å². The van der Waals surface area contributed by atoms with Gasteiger partial charge in [-0.15, -0.1) is 0 Å². The van der Waals surface area contributed by atoms with E-state index in [1.165, 1.54) is 114 Å². The minimum Gasteiger partial charge on any atom is -0.335 e. The van der Waals surface area contributed by atoms with Gasteiger partial charge in [0.05, 0.1) is 16.6 Å². The molecule has 0 bridgehead atoms. The molecule has 12 rings (SSSR count). The van der Waals surface area contributed by atoms with Crippen molar-refractivity contribution in [2.45, 2.75) is 50.5 Å². The molecular weight excluding hydrogens is 615 g/mol. The predicted octanol–water partition coefficient (Wildman–Crippen LogP) is 10.2. The van der Waals surface area contributed by atoms with Crippen LogP contribution in [0.3, 0.4) is 0 Å². The summed E-state index contributed by atoms with van der Waals surface area (Å²) in [5, 5.41) is 5.29. The average Bonchev–Trinajstić information content (AvgIpc) is 3.64. The summed E-state index contributed by atoms with van der Waals surface area (Å²) in [6, 6.07) is 52.9. The normalized spacial score (nSPS) is 20.9.